The van der Waals surface area contributed by atoms with Gasteiger partial charge >= 0.3 is 0 Å². The predicted octanol–water partition coefficient (Wildman–Crippen LogP) is 1.34. The molecule has 1 aliphatic heterocycles. The molecule has 0 spiro atoms. The van der Waals surface area contributed by atoms with Gasteiger partial charge in [0.05, 0.1) is 12.7 Å². The molecule has 0 bridgehead atoms. The molecule has 0 aliphatic carbocycles. The Hall–Kier alpha value is -0.980. The molecule has 0 saturated carbocycles. The van der Waals surface area contributed by atoms with Crippen LogP contribution >= 0.6 is 0 Å². The van der Waals surface area contributed by atoms with E-state index in [2.05, 4.69) is 0 Å². The minimum atomic E-state index is -1.00. The summed E-state index contributed by atoms with van der Waals surface area (Å²) in [4.78, 5) is 0. The largest absolute Gasteiger partial charge is 0.376 e. The quantitative estimate of drug-likeness (QED) is 0.883. The summed E-state index contributed by atoms with van der Waals surface area (Å²) in [7, 11) is 3.10. The van der Waals surface area contributed by atoms with Crippen LogP contribution in [0.2, 0.25) is 0 Å². The van der Waals surface area contributed by atoms with Crippen LogP contribution in [0.4, 0.5) is 0 Å². The molecule has 5 heteroatoms. The molecule has 1 fully saturated rings. The molecule has 20 heavy (non-hydrogen) atoms. The average Bonchev–Trinajstić information content (AvgIpc) is 2.46. The monoisotopic (exact) mass is 282 g/mol. The van der Waals surface area contributed by atoms with Crippen LogP contribution in [-0.4, -0.2) is 50.0 Å². The third-order valence-corrected chi connectivity index (χ3v) is 3.57. The molecule has 112 valence electrons. The summed E-state index contributed by atoms with van der Waals surface area (Å²) < 4.78 is 22.1. The standard InChI is InChI=1S/C15H22O5/c1-10-12(19-9-11-7-5-4-6-8-11)13(17-2)14(18-3)15(16)20-10/h4-8,10,12-16H,9H2,1-3H3. The second kappa shape index (κ2) is 7.15. The molecule has 0 amide bonds. The van der Waals surface area contributed by atoms with Crippen LogP contribution in [0.25, 0.3) is 0 Å². The van der Waals surface area contributed by atoms with Crippen LogP contribution in [0.5, 0.6) is 0 Å². The number of ether oxygens (including phenoxy) is 4. The summed E-state index contributed by atoms with van der Waals surface area (Å²) in [6.45, 7) is 2.32. The van der Waals surface area contributed by atoms with Crippen molar-refractivity contribution in [2.24, 2.45) is 0 Å². The zero-order chi connectivity index (χ0) is 14.5. The first-order valence-electron chi connectivity index (χ1n) is 6.72. The predicted molar refractivity (Wildman–Crippen MR) is 73.2 cm³/mol. The molecule has 2 rings (SSSR count). The highest BCUT2D eigenvalue weighted by Gasteiger charge is 2.45. The van der Waals surface area contributed by atoms with Crippen molar-refractivity contribution in [3.05, 3.63) is 35.9 Å². The molecule has 1 aromatic rings. The fraction of sp³-hybridized carbons (Fsp3) is 0.600. The summed E-state index contributed by atoms with van der Waals surface area (Å²) in [5.74, 6) is 0. The zero-order valence-corrected chi connectivity index (χ0v) is 12.1. The van der Waals surface area contributed by atoms with Crippen molar-refractivity contribution >= 4 is 0 Å². The Bertz CT molecular complexity index is 397. The lowest BCUT2D eigenvalue weighted by Gasteiger charge is -2.42. The second-order valence-corrected chi connectivity index (χ2v) is 4.89. The van der Waals surface area contributed by atoms with Crippen LogP contribution in [0.15, 0.2) is 30.3 Å². The normalized spacial score (nSPS) is 34.1. The fourth-order valence-corrected chi connectivity index (χ4v) is 2.51. The molecule has 0 radical (unpaired) electrons. The van der Waals surface area contributed by atoms with Crippen molar-refractivity contribution < 1.29 is 24.1 Å². The number of hydrogen-bond acceptors (Lipinski definition) is 5. The Morgan fingerprint density at radius 2 is 1.70 bits per heavy atom. The average molecular weight is 282 g/mol. The number of benzene rings is 1. The Morgan fingerprint density at radius 3 is 2.30 bits per heavy atom. The van der Waals surface area contributed by atoms with E-state index in [1.54, 1.807) is 7.11 Å². The van der Waals surface area contributed by atoms with Crippen LogP contribution in [-0.2, 0) is 25.6 Å². The highest BCUT2D eigenvalue weighted by molar-refractivity contribution is 5.13. The van der Waals surface area contributed by atoms with Crippen molar-refractivity contribution in [3.8, 4) is 0 Å². The highest BCUT2D eigenvalue weighted by atomic mass is 16.7. The third kappa shape index (κ3) is 3.37. The SMILES string of the molecule is COC1C(O)OC(C)C(OCc2ccccc2)C1OC. The number of rotatable bonds is 5. The maximum absolute atomic E-state index is 9.86. The van der Waals surface area contributed by atoms with Gasteiger partial charge in [0.15, 0.2) is 6.29 Å². The maximum Gasteiger partial charge on any atom is 0.184 e. The smallest absolute Gasteiger partial charge is 0.184 e. The van der Waals surface area contributed by atoms with Crippen LogP contribution in [0.3, 0.4) is 0 Å². The van der Waals surface area contributed by atoms with E-state index < -0.39 is 12.4 Å². The Labute approximate surface area is 119 Å². The minimum Gasteiger partial charge on any atom is -0.376 e. The summed E-state index contributed by atoms with van der Waals surface area (Å²) in [6, 6.07) is 9.90. The molecule has 1 N–H and O–H groups in total. The van der Waals surface area contributed by atoms with Gasteiger partial charge in [-0.15, -0.1) is 0 Å². The summed E-state index contributed by atoms with van der Waals surface area (Å²) in [5, 5.41) is 9.86. The van der Waals surface area contributed by atoms with E-state index in [4.69, 9.17) is 18.9 Å². The first-order chi connectivity index (χ1) is 9.67. The van der Waals surface area contributed by atoms with Gasteiger partial charge in [-0.2, -0.15) is 0 Å². The first kappa shape index (κ1) is 15.4. The lowest BCUT2D eigenvalue weighted by Crippen LogP contribution is -2.58. The van der Waals surface area contributed by atoms with Gasteiger partial charge in [-0.3, -0.25) is 0 Å². The summed E-state index contributed by atoms with van der Waals surface area (Å²) >= 11 is 0. The fourth-order valence-electron chi connectivity index (χ4n) is 2.51. The van der Waals surface area contributed by atoms with Crippen molar-refractivity contribution in [2.75, 3.05) is 14.2 Å². The first-order valence-corrected chi connectivity index (χ1v) is 6.72. The number of aliphatic hydroxyl groups is 1. The maximum atomic E-state index is 9.86. The van der Waals surface area contributed by atoms with Gasteiger partial charge in [-0.1, -0.05) is 30.3 Å². The number of methoxy groups -OCH3 is 2. The third-order valence-electron chi connectivity index (χ3n) is 3.57. The van der Waals surface area contributed by atoms with Crippen molar-refractivity contribution in [3.63, 3.8) is 0 Å². The molecular weight excluding hydrogens is 260 g/mol. The van der Waals surface area contributed by atoms with E-state index in [1.165, 1.54) is 7.11 Å². The number of aliphatic hydroxyl groups excluding tert-OH is 1. The zero-order valence-electron chi connectivity index (χ0n) is 12.1. The van der Waals surface area contributed by atoms with E-state index in [0.717, 1.165) is 5.56 Å². The molecule has 1 heterocycles. The van der Waals surface area contributed by atoms with E-state index in [-0.39, 0.29) is 18.3 Å². The van der Waals surface area contributed by atoms with E-state index in [9.17, 15) is 5.11 Å². The van der Waals surface area contributed by atoms with Crippen molar-refractivity contribution in [1.82, 2.24) is 0 Å². The van der Waals surface area contributed by atoms with Crippen molar-refractivity contribution in [2.45, 2.75) is 44.2 Å². The number of hydrogen-bond donors (Lipinski definition) is 1. The van der Waals surface area contributed by atoms with Gasteiger partial charge in [0, 0.05) is 14.2 Å². The van der Waals surface area contributed by atoms with Crippen LogP contribution < -0.4 is 0 Å². The Morgan fingerprint density at radius 1 is 1.05 bits per heavy atom. The van der Waals surface area contributed by atoms with E-state index in [0.29, 0.717) is 6.61 Å². The molecule has 5 nitrogen and oxygen atoms in total. The molecular formula is C15H22O5. The highest BCUT2D eigenvalue weighted by Crippen LogP contribution is 2.26. The summed E-state index contributed by atoms with van der Waals surface area (Å²) in [5.41, 5.74) is 1.08. The topological polar surface area (TPSA) is 57.2 Å². The van der Waals surface area contributed by atoms with Crippen LogP contribution in [0, 0.1) is 0 Å². The molecule has 1 aliphatic rings. The molecule has 5 atom stereocenters. The van der Waals surface area contributed by atoms with Gasteiger partial charge in [0.2, 0.25) is 0 Å². The molecule has 1 aromatic carbocycles. The van der Waals surface area contributed by atoms with Gasteiger partial charge in [-0.05, 0) is 12.5 Å². The minimum absolute atomic E-state index is 0.273. The van der Waals surface area contributed by atoms with Gasteiger partial charge in [0.1, 0.15) is 18.3 Å². The molecule has 0 aromatic heterocycles. The van der Waals surface area contributed by atoms with Gasteiger partial charge in [-0.25, -0.2) is 0 Å². The van der Waals surface area contributed by atoms with E-state index in [1.807, 2.05) is 37.3 Å². The van der Waals surface area contributed by atoms with Crippen molar-refractivity contribution in [1.29, 1.82) is 0 Å². The second-order valence-electron chi connectivity index (χ2n) is 4.89. The van der Waals surface area contributed by atoms with Gasteiger partial charge in [0.25, 0.3) is 0 Å². The van der Waals surface area contributed by atoms with Gasteiger partial charge < -0.3 is 24.1 Å². The molecule has 5 unspecified atom stereocenters. The van der Waals surface area contributed by atoms with Crippen LogP contribution in [0.1, 0.15) is 12.5 Å². The Balaban J connectivity index is 2.03. The summed E-state index contributed by atoms with van der Waals surface area (Å²) in [6.07, 6.45) is -2.51. The lowest BCUT2D eigenvalue weighted by atomic mass is 9.99. The van der Waals surface area contributed by atoms with E-state index >= 15 is 0 Å². The lowest BCUT2D eigenvalue weighted by molar-refractivity contribution is -0.296. The Kier molecular flexibility index (Phi) is 5.51. The molecule has 1 saturated heterocycles.